The molecule has 1 amide bonds. The Morgan fingerprint density at radius 3 is 2.52 bits per heavy atom. The van der Waals surface area contributed by atoms with E-state index in [2.05, 4.69) is 0 Å². The van der Waals surface area contributed by atoms with Gasteiger partial charge in [-0.05, 0) is 31.9 Å². The second kappa shape index (κ2) is 7.31. The van der Waals surface area contributed by atoms with Crippen LogP contribution in [0.5, 0.6) is 0 Å². The Morgan fingerprint density at radius 2 is 2.08 bits per heavy atom. The molecule has 1 aromatic rings. The lowest BCUT2D eigenvalue weighted by Gasteiger charge is -2.51. The molecule has 1 aromatic carbocycles. The number of carbonyl (C=O) groups is 1. The van der Waals surface area contributed by atoms with Crippen molar-refractivity contribution in [2.45, 2.75) is 31.5 Å². The predicted molar refractivity (Wildman–Crippen MR) is 86.6 cm³/mol. The highest BCUT2D eigenvalue weighted by atomic mass is 32.2. The molecule has 0 radical (unpaired) electrons. The Labute approximate surface area is 145 Å². The number of hydrogen-bond donors (Lipinski definition) is 1. The van der Waals surface area contributed by atoms with Gasteiger partial charge in [0.15, 0.2) is 0 Å². The first-order valence-corrected chi connectivity index (χ1v) is 8.48. The molecule has 0 aromatic heterocycles. The largest absolute Gasteiger partial charge is 0.755 e. The zero-order valence-electron chi connectivity index (χ0n) is 13.3. The third kappa shape index (κ3) is 3.71. The van der Waals surface area contributed by atoms with Crippen molar-refractivity contribution in [1.82, 2.24) is 4.90 Å². The van der Waals surface area contributed by atoms with Gasteiger partial charge in [-0.3, -0.25) is 18.6 Å². The van der Waals surface area contributed by atoms with Crippen LogP contribution >= 0.6 is 0 Å². The number of benzene rings is 1. The minimum absolute atomic E-state index is 0.0377. The smallest absolute Gasteiger partial charge is 0.407 e. The average molecular weight is 374 g/mol. The molecule has 9 nitrogen and oxygen atoms in total. The molecular weight excluding hydrogens is 357 g/mol. The monoisotopic (exact) mass is 374 g/mol. The molecule has 3 unspecified atom stereocenters. The van der Waals surface area contributed by atoms with Crippen molar-refractivity contribution in [3.8, 4) is 0 Å². The first kappa shape index (κ1) is 19.1. The molecule has 2 rings (SSSR count). The van der Waals surface area contributed by atoms with Gasteiger partial charge in [0.2, 0.25) is 0 Å². The van der Waals surface area contributed by atoms with Gasteiger partial charge in [0.25, 0.3) is 5.69 Å². The minimum Gasteiger partial charge on any atom is -0.755 e. The van der Waals surface area contributed by atoms with Gasteiger partial charge < -0.3 is 14.6 Å². The Hall–Kier alpha value is -2.27. The number of halogens is 1. The summed E-state index contributed by atoms with van der Waals surface area (Å²) in [5, 5.41) is 19.9. The first-order valence-electron chi connectivity index (χ1n) is 7.45. The van der Waals surface area contributed by atoms with Gasteiger partial charge in [-0.2, -0.15) is 0 Å². The Morgan fingerprint density at radius 1 is 1.48 bits per heavy atom. The first-order chi connectivity index (χ1) is 11.7. The van der Waals surface area contributed by atoms with Gasteiger partial charge in [-0.1, -0.05) is 0 Å². The number of non-ortho nitro benzene ring substituents is 1. The lowest BCUT2D eigenvalue weighted by Crippen LogP contribution is -2.64. The normalized spacial score (nSPS) is 22.9. The number of piperidine rings is 1. The van der Waals surface area contributed by atoms with Gasteiger partial charge in [0, 0.05) is 35.6 Å². The van der Waals surface area contributed by atoms with E-state index < -0.39 is 34.0 Å². The molecule has 1 N–H and O–H groups in total. The van der Waals surface area contributed by atoms with E-state index >= 15 is 0 Å². The molecule has 1 aliphatic heterocycles. The summed E-state index contributed by atoms with van der Waals surface area (Å²) in [6.45, 7) is 1.03. The summed E-state index contributed by atoms with van der Waals surface area (Å²) < 4.78 is 39.1. The summed E-state index contributed by atoms with van der Waals surface area (Å²) in [7, 11) is 0. The number of carboxylic acid groups (broad SMARTS) is 1. The van der Waals surface area contributed by atoms with Crippen LogP contribution in [-0.2, 0) is 11.3 Å². The van der Waals surface area contributed by atoms with Crippen LogP contribution in [0.1, 0.15) is 19.8 Å². The summed E-state index contributed by atoms with van der Waals surface area (Å²) in [6, 6.07) is 4.64. The van der Waals surface area contributed by atoms with E-state index in [1.54, 1.807) is 0 Å². The molecule has 11 heteroatoms. The van der Waals surface area contributed by atoms with Crippen LogP contribution in [0.4, 0.5) is 20.6 Å². The van der Waals surface area contributed by atoms with E-state index in [-0.39, 0.29) is 30.9 Å². The van der Waals surface area contributed by atoms with Gasteiger partial charge in [0.05, 0.1) is 11.5 Å². The van der Waals surface area contributed by atoms with Crippen LogP contribution in [0.2, 0.25) is 0 Å². The van der Waals surface area contributed by atoms with Gasteiger partial charge in [-0.15, -0.1) is 0 Å². The van der Waals surface area contributed by atoms with Crippen molar-refractivity contribution in [3.63, 3.8) is 0 Å². The summed E-state index contributed by atoms with van der Waals surface area (Å²) in [6.07, 6.45) is -2.51. The standard InChI is InChI=1S/C14H18FN3O6S/c1-10(15)14(7-2-8-16(9-14)13(19)20)17(25(23)24)11-3-5-12(6-4-11)18(21)22/h3-6,10H,2,7-9H2,1H3,(H,19,20)(H,23,24)/p-1. The number of rotatable bonds is 5. The highest BCUT2D eigenvalue weighted by Gasteiger charge is 2.48. The maximum absolute atomic E-state index is 14.5. The number of nitrogens with zero attached hydrogens (tertiary/aromatic N) is 3. The molecule has 3 atom stereocenters. The lowest BCUT2D eigenvalue weighted by molar-refractivity contribution is -0.384. The van der Waals surface area contributed by atoms with Gasteiger partial charge in [-0.25, -0.2) is 9.18 Å². The number of anilines is 1. The fourth-order valence-electron chi connectivity index (χ4n) is 3.08. The summed E-state index contributed by atoms with van der Waals surface area (Å²) in [4.78, 5) is 22.4. The minimum atomic E-state index is -2.90. The van der Waals surface area contributed by atoms with Crippen LogP contribution in [0, 0.1) is 10.1 Å². The summed E-state index contributed by atoms with van der Waals surface area (Å²) in [5.41, 5.74) is -1.81. The highest BCUT2D eigenvalue weighted by molar-refractivity contribution is 7.80. The molecular formula is C14H17FN3O6S-. The van der Waals surface area contributed by atoms with Crippen molar-refractivity contribution in [2.75, 3.05) is 17.4 Å². The number of amides is 1. The summed E-state index contributed by atoms with van der Waals surface area (Å²) >= 11 is -2.90. The van der Waals surface area contributed by atoms with E-state index in [4.69, 9.17) is 0 Å². The van der Waals surface area contributed by atoms with E-state index in [0.29, 0.717) is 6.42 Å². The molecule has 0 spiro atoms. The number of nitro groups is 1. The van der Waals surface area contributed by atoms with E-state index in [1.807, 2.05) is 0 Å². The fraction of sp³-hybridized carbons (Fsp3) is 0.500. The molecule has 1 fully saturated rings. The zero-order chi connectivity index (χ0) is 18.8. The lowest BCUT2D eigenvalue weighted by atomic mass is 9.84. The van der Waals surface area contributed by atoms with E-state index in [1.165, 1.54) is 19.1 Å². The fourth-order valence-corrected chi connectivity index (χ4v) is 3.97. The number of alkyl halides is 1. The van der Waals surface area contributed by atoms with Crippen molar-refractivity contribution in [3.05, 3.63) is 34.4 Å². The van der Waals surface area contributed by atoms with E-state index in [0.717, 1.165) is 21.3 Å². The second-order valence-corrected chi connectivity index (χ2v) is 6.61. The van der Waals surface area contributed by atoms with Crippen molar-refractivity contribution < 1.29 is 28.0 Å². The van der Waals surface area contributed by atoms with Crippen LogP contribution in [-0.4, -0.2) is 54.6 Å². The molecule has 0 bridgehead atoms. The third-order valence-electron chi connectivity index (χ3n) is 4.36. The Bertz CT molecular complexity index is 686. The quantitative estimate of drug-likeness (QED) is 0.477. The molecule has 138 valence electrons. The average Bonchev–Trinajstić information content (AvgIpc) is 2.55. The Balaban J connectivity index is 2.49. The van der Waals surface area contributed by atoms with Gasteiger partial charge >= 0.3 is 6.09 Å². The molecule has 1 saturated heterocycles. The second-order valence-electron chi connectivity index (χ2n) is 5.81. The number of likely N-dealkylation sites (tertiary alicyclic amines) is 1. The van der Waals surface area contributed by atoms with Gasteiger partial charge in [0.1, 0.15) is 11.7 Å². The van der Waals surface area contributed by atoms with Crippen LogP contribution in [0.15, 0.2) is 24.3 Å². The van der Waals surface area contributed by atoms with Crippen molar-refractivity contribution in [2.24, 2.45) is 0 Å². The SMILES string of the molecule is CC(F)C1(N(c2ccc([N+](=O)[O-])cc2)S(=O)[O-])CCCN(C(=O)O)C1. The maximum Gasteiger partial charge on any atom is 0.407 e. The van der Waals surface area contributed by atoms with Crippen LogP contribution in [0.25, 0.3) is 0 Å². The van der Waals surface area contributed by atoms with E-state index in [9.17, 15) is 33.2 Å². The molecule has 0 aliphatic carbocycles. The molecule has 0 saturated carbocycles. The van der Waals surface area contributed by atoms with Crippen LogP contribution in [0.3, 0.4) is 0 Å². The zero-order valence-corrected chi connectivity index (χ0v) is 14.1. The topological polar surface area (TPSA) is 127 Å². The highest BCUT2D eigenvalue weighted by Crippen LogP contribution is 2.37. The molecule has 1 aliphatic rings. The molecule has 25 heavy (non-hydrogen) atoms. The van der Waals surface area contributed by atoms with Crippen molar-refractivity contribution >= 4 is 28.7 Å². The maximum atomic E-state index is 14.5. The number of hydrogen-bond acceptors (Lipinski definition) is 5. The van der Waals surface area contributed by atoms with Crippen molar-refractivity contribution in [1.29, 1.82) is 0 Å². The Kier molecular flexibility index (Phi) is 5.58. The predicted octanol–water partition coefficient (Wildman–Crippen LogP) is 2.07. The number of nitro benzene ring substituents is 1. The third-order valence-corrected chi connectivity index (χ3v) is 5.23. The molecule has 1 heterocycles. The van der Waals surface area contributed by atoms with Crippen LogP contribution < -0.4 is 4.31 Å². The summed E-state index contributed by atoms with van der Waals surface area (Å²) in [5.74, 6) is 0.